The van der Waals surface area contributed by atoms with Crippen LogP contribution in [0.4, 0.5) is 5.69 Å². The van der Waals surface area contributed by atoms with Crippen molar-refractivity contribution in [1.29, 1.82) is 0 Å². The normalized spacial score (nSPS) is 19.2. The van der Waals surface area contributed by atoms with Crippen LogP contribution in [0.1, 0.15) is 32.3 Å². The Bertz CT molecular complexity index is 442. The predicted octanol–water partition coefficient (Wildman–Crippen LogP) is 3.02. The minimum atomic E-state index is -0.0820. The number of fused-ring (bicyclic) bond motifs is 1. The predicted molar refractivity (Wildman–Crippen MR) is 73.1 cm³/mol. The van der Waals surface area contributed by atoms with Crippen LogP contribution in [0, 0.1) is 5.92 Å². The van der Waals surface area contributed by atoms with Gasteiger partial charge < -0.3 is 9.64 Å². The number of benzene rings is 1. The molecular weight excluding hydrogens is 226 g/mol. The maximum Gasteiger partial charge on any atom is 0.233 e. The summed E-state index contributed by atoms with van der Waals surface area (Å²) >= 11 is 0. The largest absolute Gasteiger partial charge is 0.491 e. The fourth-order valence-corrected chi connectivity index (χ4v) is 2.22. The lowest BCUT2D eigenvalue weighted by Gasteiger charge is -2.18. The van der Waals surface area contributed by atoms with E-state index in [0.29, 0.717) is 6.61 Å². The van der Waals surface area contributed by atoms with E-state index in [0.717, 1.165) is 17.9 Å². The van der Waals surface area contributed by atoms with Crippen molar-refractivity contribution in [2.24, 2.45) is 5.92 Å². The average Bonchev–Trinajstić information content (AvgIpc) is 2.49. The van der Waals surface area contributed by atoms with E-state index in [2.05, 4.69) is 19.1 Å². The molecule has 1 amide bonds. The molecule has 0 fully saturated rings. The quantitative estimate of drug-likeness (QED) is 0.821. The lowest BCUT2D eigenvalue weighted by molar-refractivity contribution is -0.122. The van der Waals surface area contributed by atoms with Crippen LogP contribution in [-0.4, -0.2) is 19.6 Å². The van der Waals surface area contributed by atoms with E-state index < -0.39 is 0 Å². The molecule has 0 saturated carbocycles. The van der Waals surface area contributed by atoms with E-state index in [-0.39, 0.29) is 11.8 Å². The fraction of sp³-hybridized carbons (Fsp3) is 0.533. The molecule has 0 spiro atoms. The number of carbonyl (C=O) groups excluding carboxylic acids is 1. The molecule has 1 aliphatic heterocycles. The second kappa shape index (κ2) is 5.42. The minimum absolute atomic E-state index is 0.0820. The molecule has 1 aliphatic rings. The number of carbonyl (C=O) groups is 1. The Morgan fingerprint density at radius 2 is 2.22 bits per heavy atom. The van der Waals surface area contributed by atoms with Crippen molar-refractivity contribution >= 4 is 11.6 Å². The Morgan fingerprint density at radius 1 is 1.44 bits per heavy atom. The van der Waals surface area contributed by atoms with Crippen molar-refractivity contribution < 1.29 is 9.53 Å². The van der Waals surface area contributed by atoms with Gasteiger partial charge in [0.1, 0.15) is 5.75 Å². The Kier molecular flexibility index (Phi) is 3.90. The minimum Gasteiger partial charge on any atom is -0.491 e. The van der Waals surface area contributed by atoms with Gasteiger partial charge in [-0.2, -0.15) is 0 Å². The van der Waals surface area contributed by atoms with E-state index in [1.807, 2.05) is 20.0 Å². The molecule has 3 nitrogen and oxygen atoms in total. The van der Waals surface area contributed by atoms with Crippen molar-refractivity contribution in [2.75, 3.05) is 18.6 Å². The highest BCUT2D eigenvalue weighted by Crippen LogP contribution is 2.33. The van der Waals surface area contributed by atoms with E-state index in [4.69, 9.17) is 4.74 Å². The number of hydrogen-bond acceptors (Lipinski definition) is 2. The fourth-order valence-electron chi connectivity index (χ4n) is 2.22. The third-order valence-corrected chi connectivity index (χ3v) is 3.44. The van der Waals surface area contributed by atoms with Gasteiger partial charge in [-0.05, 0) is 30.5 Å². The second-order valence-corrected chi connectivity index (χ2v) is 5.01. The molecule has 0 bridgehead atoms. The molecule has 0 aliphatic carbocycles. The van der Waals surface area contributed by atoms with Crippen molar-refractivity contribution in [1.82, 2.24) is 0 Å². The molecule has 1 aromatic carbocycles. The van der Waals surface area contributed by atoms with Crippen LogP contribution in [0.5, 0.6) is 5.75 Å². The summed E-state index contributed by atoms with van der Waals surface area (Å²) in [6.07, 6.45) is 3.41. The zero-order valence-electron chi connectivity index (χ0n) is 11.4. The maximum atomic E-state index is 12.1. The number of hydrogen-bond donors (Lipinski definition) is 0. The van der Waals surface area contributed by atoms with Crippen LogP contribution < -0.4 is 9.64 Å². The monoisotopic (exact) mass is 247 g/mol. The number of rotatable bonds is 3. The number of ether oxygens (including phenoxy) is 1. The molecular formula is C15H21NO2. The number of nitrogens with zero attached hydrogens (tertiary/aromatic N) is 1. The van der Waals surface area contributed by atoms with E-state index in [1.165, 1.54) is 18.4 Å². The number of amides is 1. The lowest BCUT2D eigenvalue weighted by atomic mass is 10.1. The molecule has 98 valence electrons. The van der Waals surface area contributed by atoms with Gasteiger partial charge in [0.2, 0.25) is 5.91 Å². The zero-order chi connectivity index (χ0) is 13.1. The van der Waals surface area contributed by atoms with Gasteiger partial charge in [-0.3, -0.25) is 4.79 Å². The Balaban J connectivity index is 2.30. The van der Waals surface area contributed by atoms with Crippen LogP contribution in [0.3, 0.4) is 0 Å². The van der Waals surface area contributed by atoms with Gasteiger partial charge in [-0.25, -0.2) is 0 Å². The molecule has 2 rings (SSSR count). The highest BCUT2D eigenvalue weighted by molar-refractivity contribution is 5.96. The third kappa shape index (κ3) is 2.50. The van der Waals surface area contributed by atoms with E-state index in [1.54, 1.807) is 4.90 Å². The molecule has 1 aromatic rings. The van der Waals surface area contributed by atoms with Crippen LogP contribution >= 0.6 is 0 Å². The summed E-state index contributed by atoms with van der Waals surface area (Å²) in [6.45, 7) is 4.55. The Labute approximate surface area is 109 Å². The molecule has 0 saturated heterocycles. The van der Waals surface area contributed by atoms with Gasteiger partial charge >= 0.3 is 0 Å². The Hall–Kier alpha value is -1.51. The number of anilines is 1. The first-order valence-electron chi connectivity index (χ1n) is 6.66. The second-order valence-electron chi connectivity index (χ2n) is 5.01. The van der Waals surface area contributed by atoms with E-state index >= 15 is 0 Å². The standard InChI is InChI=1S/C15H21NO2/c1-4-5-6-12-7-8-14-13(9-12)16(3)15(17)11(2)10-18-14/h7-9,11H,4-6,10H2,1-3H3. The molecule has 0 N–H and O–H groups in total. The lowest BCUT2D eigenvalue weighted by Crippen LogP contribution is -2.31. The summed E-state index contributed by atoms with van der Waals surface area (Å²) in [5.74, 6) is 0.860. The molecule has 1 atom stereocenters. The molecule has 18 heavy (non-hydrogen) atoms. The summed E-state index contributed by atoms with van der Waals surface area (Å²) in [5.41, 5.74) is 2.17. The van der Waals surface area contributed by atoms with Crippen LogP contribution in [-0.2, 0) is 11.2 Å². The first-order chi connectivity index (χ1) is 8.63. The van der Waals surface area contributed by atoms with Gasteiger partial charge in [0, 0.05) is 7.05 Å². The van der Waals surface area contributed by atoms with Crippen molar-refractivity contribution in [3.05, 3.63) is 23.8 Å². The zero-order valence-corrected chi connectivity index (χ0v) is 11.4. The maximum absolute atomic E-state index is 12.1. The molecule has 1 unspecified atom stereocenters. The van der Waals surface area contributed by atoms with E-state index in [9.17, 15) is 4.79 Å². The SMILES string of the molecule is CCCCc1ccc2c(c1)N(C)C(=O)C(C)CO2. The van der Waals surface area contributed by atoms with Gasteiger partial charge in [-0.1, -0.05) is 26.3 Å². The van der Waals surface area contributed by atoms with Crippen molar-refractivity contribution in [3.8, 4) is 5.75 Å². The van der Waals surface area contributed by atoms with Gasteiger partial charge in [0.25, 0.3) is 0 Å². The van der Waals surface area contributed by atoms with Crippen LogP contribution in [0.15, 0.2) is 18.2 Å². The highest BCUT2D eigenvalue weighted by Gasteiger charge is 2.25. The van der Waals surface area contributed by atoms with Crippen LogP contribution in [0.2, 0.25) is 0 Å². The molecule has 1 heterocycles. The summed E-state index contributed by atoms with van der Waals surface area (Å²) in [6, 6.07) is 6.17. The van der Waals surface area contributed by atoms with Gasteiger partial charge in [0.15, 0.2) is 0 Å². The Morgan fingerprint density at radius 3 is 2.94 bits per heavy atom. The van der Waals surface area contributed by atoms with Gasteiger partial charge in [0.05, 0.1) is 18.2 Å². The van der Waals surface area contributed by atoms with Gasteiger partial charge in [-0.15, -0.1) is 0 Å². The molecule has 3 heteroatoms. The number of aryl methyl sites for hydroxylation is 1. The molecule has 0 aromatic heterocycles. The summed E-state index contributed by atoms with van der Waals surface area (Å²) in [7, 11) is 1.83. The molecule has 0 radical (unpaired) electrons. The third-order valence-electron chi connectivity index (χ3n) is 3.44. The summed E-state index contributed by atoms with van der Waals surface area (Å²) in [4.78, 5) is 13.8. The first-order valence-corrected chi connectivity index (χ1v) is 6.66. The average molecular weight is 247 g/mol. The summed E-state index contributed by atoms with van der Waals surface area (Å²) in [5, 5.41) is 0. The topological polar surface area (TPSA) is 29.5 Å². The number of unbranched alkanes of at least 4 members (excludes halogenated alkanes) is 1. The smallest absolute Gasteiger partial charge is 0.233 e. The van der Waals surface area contributed by atoms with Crippen molar-refractivity contribution in [2.45, 2.75) is 33.1 Å². The highest BCUT2D eigenvalue weighted by atomic mass is 16.5. The van der Waals surface area contributed by atoms with Crippen molar-refractivity contribution in [3.63, 3.8) is 0 Å². The first kappa shape index (κ1) is 12.9. The summed E-state index contributed by atoms with van der Waals surface area (Å²) < 4.78 is 5.70. The van der Waals surface area contributed by atoms with Crippen LogP contribution in [0.25, 0.3) is 0 Å².